The lowest BCUT2D eigenvalue weighted by Gasteiger charge is -2.05. The number of aromatic nitrogens is 1. The number of aryl methyl sites for hydroxylation is 1. The topological polar surface area (TPSA) is 94.1 Å². The molecular weight excluding hydrogens is 196 g/mol. The normalized spacial score (nSPS) is 10.0. The van der Waals surface area contributed by atoms with E-state index in [9.17, 15) is 10.1 Å². The molecule has 82 valence electrons. The highest BCUT2D eigenvalue weighted by molar-refractivity contribution is 5.55. The van der Waals surface area contributed by atoms with Gasteiger partial charge in [-0.05, 0) is 26.0 Å². The van der Waals surface area contributed by atoms with Crippen LogP contribution in [0.25, 0.3) is 0 Å². The fraction of sp³-hybridized carbons (Fsp3) is 0.444. The summed E-state index contributed by atoms with van der Waals surface area (Å²) in [6.07, 6.45) is 0.757. The zero-order chi connectivity index (χ0) is 11.3. The summed E-state index contributed by atoms with van der Waals surface area (Å²) in [5.74, 6) is 0.313. The molecule has 6 nitrogen and oxygen atoms in total. The molecule has 0 unspecified atom stereocenters. The highest BCUT2D eigenvalue weighted by Crippen LogP contribution is 2.21. The second-order valence-corrected chi connectivity index (χ2v) is 3.15. The Kier molecular flexibility index (Phi) is 3.99. The van der Waals surface area contributed by atoms with Crippen LogP contribution in [0.3, 0.4) is 0 Å². The van der Waals surface area contributed by atoms with Crippen molar-refractivity contribution in [3.05, 3.63) is 27.9 Å². The summed E-state index contributed by atoms with van der Waals surface area (Å²) in [7, 11) is 0. The highest BCUT2D eigenvalue weighted by Gasteiger charge is 2.14. The zero-order valence-corrected chi connectivity index (χ0v) is 8.56. The predicted molar refractivity (Wildman–Crippen MR) is 57.8 cm³/mol. The second kappa shape index (κ2) is 5.26. The third-order valence-electron chi connectivity index (χ3n) is 1.88. The van der Waals surface area contributed by atoms with Gasteiger partial charge >= 0.3 is 5.69 Å². The number of nitrogens with zero attached hydrogens (tertiary/aromatic N) is 2. The monoisotopic (exact) mass is 210 g/mol. The smallest absolute Gasteiger partial charge is 0.311 e. The molecule has 0 atom stereocenters. The van der Waals surface area contributed by atoms with Crippen molar-refractivity contribution >= 4 is 11.5 Å². The van der Waals surface area contributed by atoms with Crippen LogP contribution in [0, 0.1) is 17.0 Å². The SMILES string of the molecule is Cc1ccc([N+](=O)[O-])c(NCCCN)n1. The average Bonchev–Trinajstić information content (AvgIpc) is 2.18. The number of hydrogen-bond acceptors (Lipinski definition) is 5. The minimum atomic E-state index is -0.447. The van der Waals surface area contributed by atoms with Crippen molar-refractivity contribution in [3.63, 3.8) is 0 Å². The Hall–Kier alpha value is -1.69. The molecule has 0 saturated carbocycles. The molecule has 1 aromatic heterocycles. The maximum atomic E-state index is 10.7. The second-order valence-electron chi connectivity index (χ2n) is 3.15. The van der Waals surface area contributed by atoms with Crippen molar-refractivity contribution in [2.24, 2.45) is 5.73 Å². The summed E-state index contributed by atoms with van der Waals surface area (Å²) >= 11 is 0. The Morgan fingerprint density at radius 1 is 1.60 bits per heavy atom. The van der Waals surface area contributed by atoms with E-state index in [1.807, 2.05) is 0 Å². The molecule has 0 bridgehead atoms. The van der Waals surface area contributed by atoms with Gasteiger partial charge in [0.15, 0.2) is 0 Å². The summed E-state index contributed by atoms with van der Waals surface area (Å²) < 4.78 is 0. The van der Waals surface area contributed by atoms with Crippen molar-refractivity contribution in [2.45, 2.75) is 13.3 Å². The quantitative estimate of drug-likeness (QED) is 0.430. The average molecular weight is 210 g/mol. The van der Waals surface area contributed by atoms with Crippen molar-refractivity contribution < 1.29 is 4.92 Å². The first-order valence-electron chi connectivity index (χ1n) is 4.71. The standard InChI is InChI=1S/C9H14N4O2/c1-7-3-4-8(13(14)15)9(12-7)11-6-2-5-10/h3-4H,2,5-6,10H2,1H3,(H,11,12). The number of pyridine rings is 1. The van der Waals surface area contributed by atoms with Crippen molar-refractivity contribution in [1.82, 2.24) is 4.98 Å². The summed E-state index contributed by atoms with van der Waals surface area (Å²) in [6, 6.07) is 3.07. The van der Waals surface area contributed by atoms with E-state index in [1.165, 1.54) is 6.07 Å². The lowest BCUT2D eigenvalue weighted by Crippen LogP contribution is -2.11. The number of rotatable bonds is 5. The molecule has 1 heterocycles. The van der Waals surface area contributed by atoms with Crippen LogP contribution >= 0.6 is 0 Å². The first kappa shape index (κ1) is 11.4. The molecule has 0 aromatic carbocycles. The maximum absolute atomic E-state index is 10.7. The van der Waals surface area contributed by atoms with E-state index in [4.69, 9.17) is 5.73 Å². The summed E-state index contributed by atoms with van der Waals surface area (Å²) in [5, 5.41) is 13.6. The van der Waals surface area contributed by atoms with Crippen molar-refractivity contribution in [3.8, 4) is 0 Å². The molecule has 3 N–H and O–H groups in total. The Morgan fingerprint density at radius 2 is 2.33 bits per heavy atom. The van der Waals surface area contributed by atoms with E-state index in [-0.39, 0.29) is 5.69 Å². The van der Waals surface area contributed by atoms with Gasteiger partial charge in [-0.1, -0.05) is 0 Å². The van der Waals surface area contributed by atoms with Crippen molar-refractivity contribution in [2.75, 3.05) is 18.4 Å². The van der Waals surface area contributed by atoms with Gasteiger partial charge in [0.05, 0.1) is 4.92 Å². The third kappa shape index (κ3) is 3.17. The molecule has 15 heavy (non-hydrogen) atoms. The molecule has 0 radical (unpaired) electrons. The Bertz CT molecular complexity index is 354. The summed E-state index contributed by atoms with van der Waals surface area (Å²) in [4.78, 5) is 14.3. The maximum Gasteiger partial charge on any atom is 0.311 e. The van der Waals surface area contributed by atoms with Crippen LogP contribution in [-0.4, -0.2) is 23.0 Å². The number of nitrogens with one attached hydrogen (secondary N) is 1. The number of nitro groups is 1. The molecule has 6 heteroatoms. The number of nitrogens with two attached hydrogens (primary N) is 1. The lowest BCUT2D eigenvalue weighted by molar-refractivity contribution is -0.384. The minimum absolute atomic E-state index is 0.00220. The van der Waals surface area contributed by atoms with Crippen LogP contribution in [0.1, 0.15) is 12.1 Å². The third-order valence-corrected chi connectivity index (χ3v) is 1.88. The van der Waals surface area contributed by atoms with E-state index < -0.39 is 4.92 Å². The van der Waals surface area contributed by atoms with Crippen LogP contribution in [0.15, 0.2) is 12.1 Å². The molecule has 0 aliphatic rings. The molecule has 1 aromatic rings. The van der Waals surface area contributed by atoms with Crippen LogP contribution in [0.2, 0.25) is 0 Å². The van der Waals surface area contributed by atoms with Crippen molar-refractivity contribution in [1.29, 1.82) is 0 Å². The molecule has 0 aliphatic heterocycles. The van der Waals surface area contributed by atoms with Crippen LogP contribution in [0.5, 0.6) is 0 Å². The number of anilines is 1. The molecule has 0 saturated heterocycles. The molecule has 0 fully saturated rings. The van der Waals surface area contributed by atoms with E-state index in [1.54, 1.807) is 13.0 Å². The van der Waals surface area contributed by atoms with E-state index in [0.717, 1.165) is 12.1 Å². The first-order chi connectivity index (χ1) is 7.15. The molecule has 0 aliphatic carbocycles. The van der Waals surface area contributed by atoms with Crippen LogP contribution in [-0.2, 0) is 0 Å². The predicted octanol–water partition coefficient (Wildman–Crippen LogP) is 1.06. The Balaban J connectivity index is 2.82. The van der Waals surface area contributed by atoms with Gasteiger partial charge in [0.2, 0.25) is 5.82 Å². The zero-order valence-electron chi connectivity index (χ0n) is 8.56. The number of hydrogen-bond donors (Lipinski definition) is 2. The molecule has 0 amide bonds. The van der Waals surface area contributed by atoms with E-state index in [2.05, 4.69) is 10.3 Å². The fourth-order valence-corrected chi connectivity index (χ4v) is 1.14. The fourth-order valence-electron chi connectivity index (χ4n) is 1.14. The summed E-state index contributed by atoms with van der Waals surface area (Å²) in [5.41, 5.74) is 6.07. The minimum Gasteiger partial charge on any atom is -0.364 e. The van der Waals surface area contributed by atoms with Crippen LogP contribution < -0.4 is 11.1 Å². The largest absolute Gasteiger partial charge is 0.364 e. The van der Waals surface area contributed by atoms with E-state index >= 15 is 0 Å². The van der Waals surface area contributed by atoms with Gasteiger partial charge in [0, 0.05) is 18.3 Å². The van der Waals surface area contributed by atoms with Gasteiger partial charge in [-0.3, -0.25) is 10.1 Å². The molecular formula is C9H14N4O2. The lowest BCUT2D eigenvalue weighted by atomic mass is 10.3. The first-order valence-corrected chi connectivity index (χ1v) is 4.71. The molecule has 0 spiro atoms. The van der Waals surface area contributed by atoms with Gasteiger partial charge in [-0.2, -0.15) is 0 Å². The highest BCUT2D eigenvalue weighted by atomic mass is 16.6. The van der Waals surface area contributed by atoms with Crippen LogP contribution in [0.4, 0.5) is 11.5 Å². The van der Waals surface area contributed by atoms with Gasteiger partial charge < -0.3 is 11.1 Å². The van der Waals surface area contributed by atoms with Gasteiger partial charge in [-0.25, -0.2) is 4.98 Å². The molecule has 1 rings (SSSR count). The summed E-state index contributed by atoms with van der Waals surface area (Å²) in [6.45, 7) is 2.93. The van der Waals surface area contributed by atoms with E-state index in [0.29, 0.717) is 18.9 Å². The van der Waals surface area contributed by atoms with Gasteiger partial charge in [0.1, 0.15) is 0 Å². The van der Waals surface area contributed by atoms with Gasteiger partial charge in [0.25, 0.3) is 0 Å². The van der Waals surface area contributed by atoms with Gasteiger partial charge in [-0.15, -0.1) is 0 Å². The Morgan fingerprint density at radius 3 is 2.93 bits per heavy atom. The Labute approximate surface area is 87.7 Å².